The van der Waals surface area contributed by atoms with Crippen molar-refractivity contribution in [2.45, 2.75) is 38.6 Å². The topological polar surface area (TPSA) is 28.2 Å². The first-order valence-corrected chi connectivity index (χ1v) is 6.89. The highest BCUT2D eigenvalue weighted by Gasteiger charge is 2.16. The normalized spacial score (nSPS) is 21.6. The fourth-order valence-electron chi connectivity index (χ4n) is 2.54. The predicted octanol–water partition coefficient (Wildman–Crippen LogP) is 2.90. The summed E-state index contributed by atoms with van der Waals surface area (Å²) < 4.78 is 13.0. The van der Waals surface area contributed by atoms with Crippen LogP contribution in [0.4, 0.5) is 10.2 Å². The van der Waals surface area contributed by atoms with Crippen LogP contribution >= 0.6 is 0 Å². The Morgan fingerprint density at radius 1 is 1.39 bits per heavy atom. The zero-order valence-corrected chi connectivity index (χ0v) is 11.0. The van der Waals surface area contributed by atoms with Gasteiger partial charge in [-0.2, -0.15) is 4.39 Å². The van der Waals surface area contributed by atoms with Gasteiger partial charge in [-0.3, -0.25) is 0 Å². The lowest BCUT2D eigenvalue weighted by Gasteiger charge is -2.19. The van der Waals surface area contributed by atoms with E-state index in [1.165, 1.54) is 32.0 Å². The number of pyridine rings is 1. The third-order valence-corrected chi connectivity index (χ3v) is 3.43. The van der Waals surface area contributed by atoms with Crippen LogP contribution in [0.2, 0.25) is 0 Å². The van der Waals surface area contributed by atoms with Gasteiger partial charge in [0.2, 0.25) is 5.95 Å². The second kappa shape index (κ2) is 6.69. The Labute approximate surface area is 108 Å². The number of hydrogen-bond acceptors (Lipinski definition) is 3. The SMILES string of the molecule is CCCN1CCCC(Nc2cccc(F)n2)CC1. The molecule has 0 aromatic carbocycles. The molecule has 2 rings (SSSR count). The first kappa shape index (κ1) is 13.3. The zero-order chi connectivity index (χ0) is 12.8. The molecule has 4 heteroatoms. The minimum absolute atomic E-state index is 0.416. The lowest BCUT2D eigenvalue weighted by atomic mass is 10.1. The van der Waals surface area contributed by atoms with Crippen molar-refractivity contribution in [1.29, 1.82) is 0 Å². The second-order valence-corrected chi connectivity index (χ2v) is 4.96. The van der Waals surface area contributed by atoms with Gasteiger partial charge in [-0.1, -0.05) is 13.0 Å². The van der Waals surface area contributed by atoms with Gasteiger partial charge in [0.25, 0.3) is 0 Å². The summed E-state index contributed by atoms with van der Waals surface area (Å²) in [6.07, 6.45) is 4.66. The molecule has 0 saturated carbocycles. The molecule has 1 aliphatic heterocycles. The molecule has 1 aliphatic rings. The quantitative estimate of drug-likeness (QED) is 0.834. The Balaban J connectivity index is 1.87. The average Bonchev–Trinajstić information content (AvgIpc) is 2.56. The number of likely N-dealkylation sites (tertiary alicyclic amines) is 1. The predicted molar refractivity (Wildman–Crippen MR) is 72.2 cm³/mol. The van der Waals surface area contributed by atoms with Crippen LogP contribution in [0.5, 0.6) is 0 Å². The molecule has 1 saturated heterocycles. The largest absolute Gasteiger partial charge is 0.367 e. The molecule has 0 amide bonds. The van der Waals surface area contributed by atoms with Crippen LogP contribution in [0.15, 0.2) is 18.2 Å². The maximum absolute atomic E-state index is 13.0. The van der Waals surface area contributed by atoms with E-state index >= 15 is 0 Å². The van der Waals surface area contributed by atoms with Crippen molar-refractivity contribution >= 4 is 5.82 Å². The van der Waals surface area contributed by atoms with Crippen molar-refractivity contribution in [3.05, 3.63) is 24.1 Å². The lowest BCUT2D eigenvalue weighted by Crippen LogP contribution is -2.27. The fraction of sp³-hybridized carbons (Fsp3) is 0.643. The molecule has 100 valence electrons. The third kappa shape index (κ3) is 3.95. The first-order valence-electron chi connectivity index (χ1n) is 6.89. The van der Waals surface area contributed by atoms with Crippen LogP contribution in [0.1, 0.15) is 32.6 Å². The highest BCUT2D eigenvalue weighted by molar-refractivity contribution is 5.34. The Hall–Kier alpha value is -1.16. The van der Waals surface area contributed by atoms with Crippen LogP contribution in [-0.4, -0.2) is 35.6 Å². The molecule has 1 atom stereocenters. The molecular formula is C14H22FN3. The van der Waals surface area contributed by atoms with Crippen molar-refractivity contribution in [1.82, 2.24) is 9.88 Å². The monoisotopic (exact) mass is 251 g/mol. The van der Waals surface area contributed by atoms with E-state index < -0.39 is 5.95 Å². The molecule has 0 bridgehead atoms. The van der Waals surface area contributed by atoms with Gasteiger partial charge in [0.05, 0.1) is 0 Å². The van der Waals surface area contributed by atoms with Crippen molar-refractivity contribution in [3.63, 3.8) is 0 Å². The van der Waals surface area contributed by atoms with E-state index in [0.717, 1.165) is 19.4 Å². The van der Waals surface area contributed by atoms with Gasteiger partial charge in [-0.15, -0.1) is 0 Å². The molecule has 1 aromatic rings. The lowest BCUT2D eigenvalue weighted by molar-refractivity contribution is 0.285. The van der Waals surface area contributed by atoms with Crippen LogP contribution in [0.3, 0.4) is 0 Å². The summed E-state index contributed by atoms with van der Waals surface area (Å²) in [6.45, 7) is 5.71. The number of hydrogen-bond donors (Lipinski definition) is 1. The van der Waals surface area contributed by atoms with Crippen molar-refractivity contribution in [3.8, 4) is 0 Å². The molecule has 0 spiro atoms. The van der Waals surface area contributed by atoms with E-state index in [9.17, 15) is 4.39 Å². The molecule has 1 N–H and O–H groups in total. The molecule has 1 aromatic heterocycles. The summed E-state index contributed by atoms with van der Waals surface area (Å²) in [5.41, 5.74) is 0. The van der Waals surface area contributed by atoms with E-state index in [0.29, 0.717) is 11.9 Å². The van der Waals surface area contributed by atoms with Gasteiger partial charge in [0.1, 0.15) is 5.82 Å². The highest BCUT2D eigenvalue weighted by Crippen LogP contribution is 2.15. The molecule has 0 radical (unpaired) electrons. The molecular weight excluding hydrogens is 229 g/mol. The fourth-order valence-corrected chi connectivity index (χ4v) is 2.54. The van der Waals surface area contributed by atoms with Crippen molar-refractivity contribution in [2.24, 2.45) is 0 Å². The molecule has 1 fully saturated rings. The maximum atomic E-state index is 13.0. The van der Waals surface area contributed by atoms with Gasteiger partial charge >= 0.3 is 0 Å². The summed E-state index contributed by atoms with van der Waals surface area (Å²) in [7, 11) is 0. The molecule has 3 nitrogen and oxygen atoms in total. The average molecular weight is 251 g/mol. The standard InChI is InChI=1S/C14H22FN3/c1-2-9-18-10-4-5-12(8-11-18)16-14-7-3-6-13(15)17-14/h3,6-7,12H,2,4-5,8-11H2,1H3,(H,16,17). The number of rotatable bonds is 4. The molecule has 1 unspecified atom stereocenters. The molecule has 0 aliphatic carbocycles. The van der Waals surface area contributed by atoms with Crippen molar-refractivity contribution in [2.75, 3.05) is 25.0 Å². The van der Waals surface area contributed by atoms with E-state index in [1.54, 1.807) is 6.07 Å². The van der Waals surface area contributed by atoms with E-state index in [1.807, 2.05) is 6.07 Å². The van der Waals surface area contributed by atoms with Gasteiger partial charge in [-0.05, 0) is 50.9 Å². The van der Waals surface area contributed by atoms with Crippen LogP contribution in [0, 0.1) is 5.95 Å². The van der Waals surface area contributed by atoms with Gasteiger partial charge < -0.3 is 10.2 Å². The minimum atomic E-state index is -0.416. The number of anilines is 1. The molecule has 18 heavy (non-hydrogen) atoms. The van der Waals surface area contributed by atoms with Gasteiger partial charge in [0, 0.05) is 12.6 Å². The number of halogens is 1. The van der Waals surface area contributed by atoms with E-state index in [-0.39, 0.29) is 0 Å². The Morgan fingerprint density at radius 3 is 3.06 bits per heavy atom. The maximum Gasteiger partial charge on any atom is 0.214 e. The van der Waals surface area contributed by atoms with Gasteiger partial charge in [-0.25, -0.2) is 4.98 Å². The van der Waals surface area contributed by atoms with Crippen LogP contribution in [0.25, 0.3) is 0 Å². The Kier molecular flexibility index (Phi) is 4.93. The second-order valence-electron chi connectivity index (χ2n) is 4.96. The van der Waals surface area contributed by atoms with Crippen molar-refractivity contribution < 1.29 is 4.39 Å². The Bertz CT molecular complexity index is 370. The Morgan fingerprint density at radius 2 is 2.28 bits per heavy atom. The summed E-state index contributed by atoms with van der Waals surface area (Å²) in [5, 5.41) is 3.35. The van der Waals surface area contributed by atoms with E-state index in [2.05, 4.69) is 22.1 Å². The smallest absolute Gasteiger partial charge is 0.214 e. The van der Waals surface area contributed by atoms with E-state index in [4.69, 9.17) is 0 Å². The summed E-state index contributed by atoms with van der Waals surface area (Å²) in [6, 6.07) is 5.32. The minimum Gasteiger partial charge on any atom is -0.367 e. The third-order valence-electron chi connectivity index (χ3n) is 3.43. The number of nitrogens with one attached hydrogen (secondary N) is 1. The number of aromatic nitrogens is 1. The first-order chi connectivity index (χ1) is 8.78. The van der Waals surface area contributed by atoms with Crippen LogP contribution < -0.4 is 5.32 Å². The van der Waals surface area contributed by atoms with Gasteiger partial charge in [0.15, 0.2) is 0 Å². The summed E-state index contributed by atoms with van der Waals surface area (Å²) >= 11 is 0. The zero-order valence-electron chi connectivity index (χ0n) is 11.0. The summed E-state index contributed by atoms with van der Waals surface area (Å²) in [5.74, 6) is 0.241. The molecule has 2 heterocycles. The highest BCUT2D eigenvalue weighted by atomic mass is 19.1. The number of nitrogens with zero attached hydrogens (tertiary/aromatic N) is 2. The summed E-state index contributed by atoms with van der Waals surface area (Å²) in [4.78, 5) is 6.38. The van der Waals surface area contributed by atoms with Crippen LogP contribution in [-0.2, 0) is 0 Å².